The molecule has 156 valence electrons. The van der Waals surface area contributed by atoms with Gasteiger partial charge in [0.25, 0.3) is 5.91 Å². The number of halogens is 1. The van der Waals surface area contributed by atoms with Crippen molar-refractivity contribution < 1.29 is 23.8 Å². The van der Waals surface area contributed by atoms with Crippen LogP contribution in [0.4, 0.5) is 0 Å². The second kappa shape index (κ2) is 11.3. The summed E-state index contributed by atoms with van der Waals surface area (Å²) in [6.45, 7) is 3.77. The average molecular weight is 420 g/mol. The number of hydrogen-bond donors (Lipinski definition) is 1. The lowest BCUT2D eigenvalue weighted by molar-refractivity contribution is -0.124. The van der Waals surface area contributed by atoms with Crippen molar-refractivity contribution in [2.24, 2.45) is 0 Å². The highest BCUT2D eigenvalue weighted by Crippen LogP contribution is 2.36. The Balaban J connectivity index is 1.85. The van der Waals surface area contributed by atoms with Gasteiger partial charge in [0, 0.05) is 6.04 Å². The Kier molecular flexibility index (Phi) is 8.80. The molecule has 0 aliphatic carbocycles. The van der Waals surface area contributed by atoms with Crippen molar-refractivity contribution in [3.8, 4) is 11.5 Å². The van der Waals surface area contributed by atoms with Crippen molar-refractivity contribution in [2.45, 2.75) is 32.7 Å². The summed E-state index contributed by atoms with van der Waals surface area (Å²) in [5, 5.41) is 3.06. The summed E-state index contributed by atoms with van der Waals surface area (Å²) >= 11 is 6.16. The summed E-state index contributed by atoms with van der Waals surface area (Å²) in [5.41, 5.74) is 1.39. The Bertz CT molecular complexity index is 825. The van der Waals surface area contributed by atoms with Gasteiger partial charge in [0.2, 0.25) is 0 Å². The molecule has 1 atom stereocenters. The van der Waals surface area contributed by atoms with Gasteiger partial charge in [0.1, 0.15) is 0 Å². The van der Waals surface area contributed by atoms with Crippen LogP contribution in [0.3, 0.4) is 0 Å². The van der Waals surface area contributed by atoms with Gasteiger partial charge in [-0.1, -0.05) is 41.9 Å². The van der Waals surface area contributed by atoms with Crippen LogP contribution in [-0.2, 0) is 16.0 Å². The lowest BCUT2D eigenvalue weighted by Gasteiger charge is -2.15. The number of aryl methyl sites for hydroxylation is 1. The Morgan fingerprint density at radius 3 is 2.55 bits per heavy atom. The van der Waals surface area contributed by atoms with Gasteiger partial charge in [-0.15, -0.1) is 0 Å². The van der Waals surface area contributed by atoms with Crippen LogP contribution in [0.15, 0.2) is 42.5 Å². The molecule has 2 aromatic carbocycles. The number of carbonyl (C=O) groups excluding carboxylic acids is 2. The molecule has 29 heavy (non-hydrogen) atoms. The van der Waals surface area contributed by atoms with Crippen LogP contribution in [0.25, 0.3) is 0 Å². The number of esters is 1. The van der Waals surface area contributed by atoms with E-state index in [2.05, 4.69) is 5.32 Å². The Hall–Kier alpha value is -2.73. The molecular formula is C22H26ClNO5. The molecule has 0 aliphatic rings. The molecule has 0 saturated carbocycles. The molecule has 0 heterocycles. The van der Waals surface area contributed by atoms with Crippen molar-refractivity contribution in [1.82, 2.24) is 5.32 Å². The summed E-state index contributed by atoms with van der Waals surface area (Å²) in [6.07, 6.45) is 1.64. The molecule has 1 amide bonds. The lowest BCUT2D eigenvalue weighted by Crippen LogP contribution is -2.36. The van der Waals surface area contributed by atoms with Crippen LogP contribution in [0.2, 0.25) is 5.02 Å². The summed E-state index contributed by atoms with van der Waals surface area (Å²) in [7, 11) is 1.45. The highest BCUT2D eigenvalue weighted by atomic mass is 35.5. The Labute approximate surface area is 176 Å². The molecule has 0 radical (unpaired) electrons. The molecule has 0 unspecified atom stereocenters. The zero-order valence-corrected chi connectivity index (χ0v) is 17.6. The van der Waals surface area contributed by atoms with Gasteiger partial charge in [-0.25, -0.2) is 4.79 Å². The molecule has 0 saturated heterocycles. The molecule has 6 nitrogen and oxygen atoms in total. The standard InChI is InChI=1S/C22H26ClNO5/c1-4-28-21-18(23)12-17(13-19(21)27-3)22(26)29-14-20(25)24-15(2)10-11-16-8-6-5-7-9-16/h5-9,12-13,15H,4,10-11,14H2,1-3H3,(H,24,25)/t15-/m0/s1. The van der Waals surface area contributed by atoms with E-state index in [-0.39, 0.29) is 29.1 Å². The summed E-state index contributed by atoms with van der Waals surface area (Å²) in [4.78, 5) is 24.3. The molecule has 1 N–H and O–H groups in total. The molecule has 0 fully saturated rings. The maximum absolute atomic E-state index is 12.3. The third kappa shape index (κ3) is 6.98. The second-order valence-electron chi connectivity index (χ2n) is 6.49. The number of nitrogens with one attached hydrogen (secondary N) is 1. The molecule has 0 aromatic heterocycles. The number of hydrogen-bond acceptors (Lipinski definition) is 5. The smallest absolute Gasteiger partial charge is 0.338 e. The lowest BCUT2D eigenvalue weighted by atomic mass is 10.1. The highest BCUT2D eigenvalue weighted by Gasteiger charge is 2.18. The number of rotatable bonds is 10. The van der Waals surface area contributed by atoms with Crippen molar-refractivity contribution in [2.75, 3.05) is 20.3 Å². The molecule has 2 aromatic rings. The van der Waals surface area contributed by atoms with Crippen LogP contribution < -0.4 is 14.8 Å². The molecule has 0 bridgehead atoms. The second-order valence-corrected chi connectivity index (χ2v) is 6.90. The zero-order chi connectivity index (χ0) is 21.2. The Morgan fingerprint density at radius 1 is 1.17 bits per heavy atom. The van der Waals surface area contributed by atoms with E-state index in [1.165, 1.54) is 24.8 Å². The topological polar surface area (TPSA) is 73.9 Å². The maximum Gasteiger partial charge on any atom is 0.338 e. The van der Waals surface area contributed by atoms with Crippen LogP contribution in [0.5, 0.6) is 11.5 Å². The molecular weight excluding hydrogens is 394 g/mol. The van der Waals surface area contributed by atoms with E-state index < -0.39 is 5.97 Å². The number of amides is 1. The average Bonchev–Trinajstić information content (AvgIpc) is 2.72. The van der Waals surface area contributed by atoms with E-state index in [1.54, 1.807) is 0 Å². The first kappa shape index (κ1) is 22.6. The first-order valence-corrected chi connectivity index (χ1v) is 9.83. The molecule has 0 spiro atoms. The predicted octanol–water partition coefficient (Wildman–Crippen LogP) is 4.04. The van der Waals surface area contributed by atoms with Gasteiger partial charge in [0.05, 0.1) is 24.3 Å². The van der Waals surface area contributed by atoms with Gasteiger partial charge >= 0.3 is 5.97 Å². The quantitative estimate of drug-likeness (QED) is 0.588. The van der Waals surface area contributed by atoms with Crippen LogP contribution in [-0.4, -0.2) is 38.2 Å². The molecule has 0 aliphatic heterocycles. The fourth-order valence-electron chi connectivity index (χ4n) is 2.75. The summed E-state index contributed by atoms with van der Waals surface area (Å²) < 4.78 is 15.7. The minimum Gasteiger partial charge on any atom is -0.493 e. The largest absolute Gasteiger partial charge is 0.493 e. The number of ether oxygens (including phenoxy) is 3. The minimum absolute atomic E-state index is 0.0403. The monoisotopic (exact) mass is 419 g/mol. The SMILES string of the molecule is CCOc1c(Cl)cc(C(=O)OCC(=O)N[C@@H](C)CCc2ccccc2)cc1OC. The first-order chi connectivity index (χ1) is 13.9. The summed E-state index contributed by atoms with van der Waals surface area (Å²) in [6, 6.07) is 12.9. The van der Waals surface area contributed by atoms with Crippen LogP contribution in [0.1, 0.15) is 36.2 Å². The predicted molar refractivity (Wildman–Crippen MR) is 112 cm³/mol. The van der Waals surface area contributed by atoms with Gasteiger partial charge in [-0.2, -0.15) is 0 Å². The van der Waals surface area contributed by atoms with E-state index in [1.807, 2.05) is 44.2 Å². The van der Waals surface area contributed by atoms with Crippen molar-refractivity contribution in [1.29, 1.82) is 0 Å². The fraction of sp³-hybridized carbons (Fsp3) is 0.364. The number of methoxy groups -OCH3 is 1. The fourth-order valence-corrected chi connectivity index (χ4v) is 3.02. The van der Waals surface area contributed by atoms with E-state index in [4.69, 9.17) is 25.8 Å². The molecule has 2 rings (SSSR count). The molecule has 7 heteroatoms. The van der Waals surface area contributed by atoms with Crippen LogP contribution in [0, 0.1) is 0 Å². The third-order valence-electron chi connectivity index (χ3n) is 4.20. The van der Waals surface area contributed by atoms with Crippen molar-refractivity contribution >= 4 is 23.5 Å². The van der Waals surface area contributed by atoms with E-state index in [9.17, 15) is 9.59 Å². The van der Waals surface area contributed by atoms with E-state index >= 15 is 0 Å². The Morgan fingerprint density at radius 2 is 1.90 bits per heavy atom. The highest BCUT2D eigenvalue weighted by molar-refractivity contribution is 6.32. The van der Waals surface area contributed by atoms with Gasteiger partial charge in [-0.05, 0) is 44.4 Å². The normalized spacial score (nSPS) is 11.4. The number of benzene rings is 2. The van der Waals surface area contributed by atoms with Crippen molar-refractivity contribution in [3.05, 3.63) is 58.6 Å². The minimum atomic E-state index is -0.666. The van der Waals surface area contributed by atoms with Crippen molar-refractivity contribution in [3.63, 3.8) is 0 Å². The van der Waals surface area contributed by atoms with Crippen LogP contribution >= 0.6 is 11.6 Å². The van der Waals surface area contributed by atoms with Gasteiger partial charge in [-0.3, -0.25) is 4.79 Å². The van der Waals surface area contributed by atoms with Gasteiger partial charge in [0.15, 0.2) is 18.1 Å². The summed E-state index contributed by atoms with van der Waals surface area (Å²) in [5.74, 6) is -0.341. The zero-order valence-electron chi connectivity index (χ0n) is 16.9. The third-order valence-corrected chi connectivity index (χ3v) is 4.49. The van der Waals surface area contributed by atoms with Gasteiger partial charge < -0.3 is 19.5 Å². The maximum atomic E-state index is 12.3. The number of carbonyl (C=O) groups is 2. The first-order valence-electron chi connectivity index (χ1n) is 9.45. The van der Waals surface area contributed by atoms with E-state index in [0.717, 1.165) is 12.8 Å². The van der Waals surface area contributed by atoms with E-state index in [0.29, 0.717) is 18.1 Å².